The van der Waals surface area contributed by atoms with E-state index in [1.807, 2.05) is 17.5 Å². The number of fused-ring (bicyclic) bond motifs is 1. The van der Waals surface area contributed by atoms with Crippen molar-refractivity contribution in [3.63, 3.8) is 0 Å². The zero-order valence-corrected chi connectivity index (χ0v) is 14.4. The lowest BCUT2D eigenvalue weighted by Gasteiger charge is -2.35. The van der Waals surface area contributed by atoms with E-state index in [1.54, 1.807) is 22.9 Å². The molecule has 1 N–H and O–H groups in total. The molecule has 1 aliphatic rings. The molecule has 1 saturated heterocycles. The molecule has 4 rings (SSSR count). The van der Waals surface area contributed by atoms with E-state index in [2.05, 4.69) is 38.4 Å². The quantitative estimate of drug-likeness (QED) is 0.788. The topological polar surface area (TPSA) is 39.6 Å². The lowest BCUT2D eigenvalue weighted by atomic mass is 10.2. The Balaban J connectivity index is 1.39. The van der Waals surface area contributed by atoms with Gasteiger partial charge >= 0.3 is 0 Å². The van der Waals surface area contributed by atoms with Gasteiger partial charge in [0.15, 0.2) is 0 Å². The number of thiophene rings is 1. The molecule has 0 spiro atoms. The first-order valence-electron chi connectivity index (χ1n) is 7.84. The van der Waals surface area contributed by atoms with Crippen LogP contribution < -0.4 is 4.90 Å². The summed E-state index contributed by atoms with van der Waals surface area (Å²) in [7, 11) is 0. The van der Waals surface area contributed by atoms with E-state index < -0.39 is 0 Å². The summed E-state index contributed by atoms with van der Waals surface area (Å²) in [5.41, 5.74) is 0. The molecule has 1 unspecified atom stereocenters. The Morgan fingerprint density at radius 2 is 1.91 bits per heavy atom. The highest BCUT2D eigenvalue weighted by atomic mass is 32.1. The Labute approximate surface area is 143 Å². The van der Waals surface area contributed by atoms with Crippen LogP contribution in [0.1, 0.15) is 11.0 Å². The maximum Gasteiger partial charge on any atom is 0.150 e. The third kappa shape index (κ3) is 3.12. The second-order valence-electron chi connectivity index (χ2n) is 5.82. The number of aliphatic hydroxyl groups excluding tert-OH is 1. The standard InChI is InChI=1S/C17H19N3OS2/c21-14(16-6-3-11-22-16)12-19-7-9-20(10-8-19)17-13-4-1-2-5-15(13)23-18-17/h1-6,11,14,21H,7-10,12H2. The van der Waals surface area contributed by atoms with Crippen molar-refractivity contribution in [1.82, 2.24) is 9.27 Å². The molecule has 23 heavy (non-hydrogen) atoms. The molecule has 3 aromatic rings. The van der Waals surface area contributed by atoms with Crippen LogP contribution in [0.5, 0.6) is 0 Å². The highest BCUT2D eigenvalue weighted by Gasteiger charge is 2.22. The normalized spacial score (nSPS) is 17.7. The predicted molar refractivity (Wildman–Crippen MR) is 97.6 cm³/mol. The van der Waals surface area contributed by atoms with Crippen molar-refractivity contribution in [1.29, 1.82) is 0 Å². The van der Waals surface area contributed by atoms with Crippen LogP contribution in [0.15, 0.2) is 41.8 Å². The summed E-state index contributed by atoms with van der Waals surface area (Å²) in [6.45, 7) is 4.57. The summed E-state index contributed by atoms with van der Waals surface area (Å²) in [6.07, 6.45) is -0.373. The van der Waals surface area contributed by atoms with Gasteiger partial charge < -0.3 is 10.0 Å². The van der Waals surface area contributed by atoms with E-state index in [-0.39, 0.29) is 6.10 Å². The summed E-state index contributed by atoms with van der Waals surface area (Å²) in [6, 6.07) is 12.4. The summed E-state index contributed by atoms with van der Waals surface area (Å²) >= 11 is 3.20. The van der Waals surface area contributed by atoms with Crippen LogP contribution in [-0.4, -0.2) is 47.1 Å². The number of rotatable bonds is 4. The molecule has 0 saturated carbocycles. The van der Waals surface area contributed by atoms with Crippen molar-refractivity contribution >= 4 is 38.8 Å². The van der Waals surface area contributed by atoms with Crippen molar-refractivity contribution in [2.75, 3.05) is 37.6 Å². The average Bonchev–Trinajstić information content (AvgIpc) is 3.25. The number of piperazine rings is 1. The van der Waals surface area contributed by atoms with Crippen LogP contribution in [0.4, 0.5) is 5.82 Å². The molecule has 1 fully saturated rings. The Kier molecular flexibility index (Phi) is 4.31. The number of hydrogen-bond donors (Lipinski definition) is 1. The van der Waals surface area contributed by atoms with Crippen molar-refractivity contribution in [3.05, 3.63) is 46.7 Å². The minimum atomic E-state index is -0.373. The van der Waals surface area contributed by atoms with Crippen molar-refractivity contribution in [3.8, 4) is 0 Å². The lowest BCUT2D eigenvalue weighted by molar-refractivity contribution is 0.112. The molecule has 2 aromatic heterocycles. The first kappa shape index (κ1) is 15.1. The van der Waals surface area contributed by atoms with Gasteiger partial charge in [0.05, 0.1) is 4.70 Å². The minimum Gasteiger partial charge on any atom is -0.386 e. The number of anilines is 1. The van der Waals surface area contributed by atoms with Crippen LogP contribution in [0.3, 0.4) is 0 Å². The zero-order chi connectivity index (χ0) is 15.6. The fourth-order valence-corrected chi connectivity index (χ4v) is 4.56. The number of benzene rings is 1. The molecule has 1 atom stereocenters. The molecular weight excluding hydrogens is 326 g/mol. The van der Waals surface area contributed by atoms with Gasteiger partial charge in [-0.25, -0.2) is 0 Å². The van der Waals surface area contributed by atoms with Gasteiger partial charge in [-0.3, -0.25) is 4.90 Å². The summed E-state index contributed by atoms with van der Waals surface area (Å²) in [4.78, 5) is 5.76. The molecule has 1 aromatic carbocycles. The number of β-amino-alcohol motifs (C(OH)–C–C–N with tert-alkyl or cyclic N) is 1. The molecule has 0 amide bonds. The monoisotopic (exact) mass is 345 g/mol. The van der Waals surface area contributed by atoms with Gasteiger partial charge in [0.25, 0.3) is 0 Å². The molecule has 0 radical (unpaired) electrons. The van der Waals surface area contributed by atoms with Crippen LogP contribution in [0.2, 0.25) is 0 Å². The first-order chi connectivity index (χ1) is 11.3. The Bertz CT molecular complexity index is 763. The van der Waals surface area contributed by atoms with E-state index in [4.69, 9.17) is 0 Å². The maximum atomic E-state index is 10.3. The molecule has 0 bridgehead atoms. The van der Waals surface area contributed by atoms with Crippen molar-refractivity contribution < 1.29 is 5.11 Å². The van der Waals surface area contributed by atoms with Crippen molar-refractivity contribution in [2.45, 2.75) is 6.10 Å². The minimum absolute atomic E-state index is 0.373. The van der Waals surface area contributed by atoms with Crippen LogP contribution >= 0.6 is 22.9 Å². The fourth-order valence-electron chi connectivity index (χ4n) is 3.06. The average molecular weight is 345 g/mol. The summed E-state index contributed by atoms with van der Waals surface area (Å²) in [5.74, 6) is 1.11. The third-order valence-electron chi connectivity index (χ3n) is 4.33. The van der Waals surface area contributed by atoms with Crippen LogP contribution in [0, 0.1) is 0 Å². The number of aromatic nitrogens is 1. The van der Waals surface area contributed by atoms with E-state index in [9.17, 15) is 5.11 Å². The Morgan fingerprint density at radius 1 is 1.09 bits per heavy atom. The van der Waals surface area contributed by atoms with Gasteiger partial charge in [-0.05, 0) is 35.1 Å². The molecule has 3 heterocycles. The summed E-state index contributed by atoms with van der Waals surface area (Å²) < 4.78 is 5.90. The summed E-state index contributed by atoms with van der Waals surface area (Å²) in [5, 5.41) is 13.6. The van der Waals surface area contributed by atoms with Gasteiger partial charge in [0.1, 0.15) is 11.9 Å². The van der Waals surface area contributed by atoms with Gasteiger partial charge in [-0.2, -0.15) is 4.37 Å². The Morgan fingerprint density at radius 3 is 2.70 bits per heavy atom. The second kappa shape index (κ2) is 6.57. The van der Waals surface area contributed by atoms with Gasteiger partial charge in [-0.1, -0.05) is 18.2 Å². The van der Waals surface area contributed by atoms with Crippen LogP contribution in [-0.2, 0) is 0 Å². The second-order valence-corrected chi connectivity index (χ2v) is 7.61. The van der Waals surface area contributed by atoms with E-state index >= 15 is 0 Å². The lowest BCUT2D eigenvalue weighted by Crippen LogP contribution is -2.47. The van der Waals surface area contributed by atoms with Gasteiger partial charge in [0, 0.05) is 43.0 Å². The highest BCUT2D eigenvalue weighted by Crippen LogP contribution is 2.30. The predicted octanol–water partition coefficient (Wildman–Crippen LogP) is 3.21. The Hall–Kier alpha value is -1.47. The van der Waals surface area contributed by atoms with E-state index in [1.165, 1.54) is 10.1 Å². The smallest absolute Gasteiger partial charge is 0.150 e. The first-order valence-corrected chi connectivity index (χ1v) is 9.50. The molecule has 6 heteroatoms. The molecule has 1 aliphatic heterocycles. The van der Waals surface area contributed by atoms with Crippen LogP contribution in [0.25, 0.3) is 10.1 Å². The van der Waals surface area contributed by atoms with Crippen molar-refractivity contribution in [2.24, 2.45) is 0 Å². The molecular formula is C17H19N3OS2. The number of aliphatic hydroxyl groups is 1. The largest absolute Gasteiger partial charge is 0.386 e. The maximum absolute atomic E-state index is 10.3. The number of hydrogen-bond acceptors (Lipinski definition) is 6. The molecule has 0 aliphatic carbocycles. The zero-order valence-electron chi connectivity index (χ0n) is 12.8. The SMILES string of the molecule is OC(CN1CCN(c2nsc3ccccc23)CC1)c1cccs1. The fraction of sp³-hybridized carbons (Fsp3) is 0.353. The van der Waals surface area contributed by atoms with E-state index in [0.717, 1.165) is 36.9 Å². The number of nitrogens with zero attached hydrogens (tertiary/aromatic N) is 3. The third-order valence-corrected chi connectivity index (χ3v) is 6.12. The van der Waals surface area contributed by atoms with E-state index in [0.29, 0.717) is 6.54 Å². The molecule has 120 valence electrons. The van der Waals surface area contributed by atoms with Gasteiger partial charge in [-0.15, -0.1) is 11.3 Å². The highest BCUT2D eigenvalue weighted by molar-refractivity contribution is 7.13. The van der Waals surface area contributed by atoms with Gasteiger partial charge in [0.2, 0.25) is 0 Å². The molecule has 4 nitrogen and oxygen atoms in total.